The molecule has 7 nitrogen and oxygen atoms in total. The first-order valence-corrected chi connectivity index (χ1v) is 9.91. The zero-order valence-electron chi connectivity index (χ0n) is 16.7. The standard InChI is InChI=1S/C23H23NO6/c1-15-23(30-16-6-3-2-4-7-16)22(26)19-10-9-17(12-20(19)29-15)28-14-21(25)24-13-18-8-5-11-27-18/h2-4,6-7,9-10,12,18H,5,8,11,13-14H2,1H3,(H,24,25)/t18-/m1/s1. The highest BCUT2D eigenvalue weighted by Crippen LogP contribution is 2.27. The molecular formula is C23H23NO6. The largest absolute Gasteiger partial charge is 0.484 e. The lowest BCUT2D eigenvalue weighted by atomic mass is 10.2. The number of para-hydroxylation sites is 1. The van der Waals surface area contributed by atoms with Gasteiger partial charge in [0.2, 0.25) is 11.2 Å². The summed E-state index contributed by atoms with van der Waals surface area (Å²) in [5, 5.41) is 3.18. The molecule has 156 valence electrons. The van der Waals surface area contributed by atoms with Crippen molar-refractivity contribution in [3.63, 3.8) is 0 Å². The number of hydrogen-bond acceptors (Lipinski definition) is 6. The van der Waals surface area contributed by atoms with Crippen LogP contribution in [0, 0.1) is 6.92 Å². The van der Waals surface area contributed by atoms with Crippen LogP contribution in [0.5, 0.6) is 17.2 Å². The lowest BCUT2D eigenvalue weighted by Gasteiger charge is -2.12. The van der Waals surface area contributed by atoms with E-state index < -0.39 is 0 Å². The Labute approximate surface area is 173 Å². The van der Waals surface area contributed by atoms with Crippen molar-refractivity contribution in [1.82, 2.24) is 5.32 Å². The summed E-state index contributed by atoms with van der Waals surface area (Å²) in [6.45, 7) is 2.77. The van der Waals surface area contributed by atoms with Crippen LogP contribution in [0.3, 0.4) is 0 Å². The quantitative estimate of drug-likeness (QED) is 0.642. The maximum atomic E-state index is 12.8. The van der Waals surface area contributed by atoms with Gasteiger partial charge in [-0.1, -0.05) is 18.2 Å². The topological polar surface area (TPSA) is 87.0 Å². The van der Waals surface area contributed by atoms with Crippen LogP contribution in [0.2, 0.25) is 0 Å². The van der Waals surface area contributed by atoms with E-state index in [2.05, 4.69) is 5.32 Å². The highest BCUT2D eigenvalue weighted by atomic mass is 16.5. The Kier molecular flexibility index (Phi) is 5.99. The monoisotopic (exact) mass is 409 g/mol. The van der Waals surface area contributed by atoms with Gasteiger partial charge < -0.3 is 23.9 Å². The second kappa shape index (κ2) is 9.00. The van der Waals surface area contributed by atoms with Gasteiger partial charge in [-0.2, -0.15) is 0 Å². The van der Waals surface area contributed by atoms with Gasteiger partial charge in [0, 0.05) is 19.2 Å². The van der Waals surface area contributed by atoms with Gasteiger partial charge in [-0.25, -0.2) is 0 Å². The second-order valence-electron chi connectivity index (χ2n) is 7.12. The van der Waals surface area contributed by atoms with Crippen molar-refractivity contribution in [2.24, 2.45) is 0 Å². The molecule has 1 N–H and O–H groups in total. The fraction of sp³-hybridized carbons (Fsp3) is 0.304. The smallest absolute Gasteiger partial charge is 0.258 e. The summed E-state index contributed by atoms with van der Waals surface area (Å²) in [7, 11) is 0. The van der Waals surface area contributed by atoms with Gasteiger partial charge in [0.25, 0.3) is 5.91 Å². The molecule has 1 saturated heterocycles. The first-order valence-electron chi connectivity index (χ1n) is 9.91. The molecule has 1 amide bonds. The van der Waals surface area contributed by atoms with Crippen LogP contribution in [0.25, 0.3) is 11.0 Å². The Morgan fingerprint density at radius 2 is 2.00 bits per heavy atom. The molecule has 1 aliphatic heterocycles. The van der Waals surface area contributed by atoms with Crippen LogP contribution in [-0.2, 0) is 9.53 Å². The molecule has 30 heavy (non-hydrogen) atoms. The highest BCUT2D eigenvalue weighted by molar-refractivity contribution is 5.80. The molecule has 2 aromatic carbocycles. The fourth-order valence-corrected chi connectivity index (χ4v) is 3.32. The molecule has 0 saturated carbocycles. The van der Waals surface area contributed by atoms with Crippen molar-refractivity contribution in [3.8, 4) is 17.2 Å². The zero-order chi connectivity index (χ0) is 20.9. The lowest BCUT2D eigenvalue weighted by molar-refractivity contribution is -0.123. The number of benzene rings is 2. The number of amides is 1. The van der Waals surface area contributed by atoms with Crippen molar-refractivity contribution >= 4 is 16.9 Å². The van der Waals surface area contributed by atoms with Crippen LogP contribution < -0.4 is 20.2 Å². The van der Waals surface area contributed by atoms with Crippen LogP contribution in [0.15, 0.2) is 57.7 Å². The normalized spacial score (nSPS) is 15.8. The number of hydrogen-bond donors (Lipinski definition) is 1. The van der Waals surface area contributed by atoms with Gasteiger partial charge >= 0.3 is 0 Å². The fourth-order valence-electron chi connectivity index (χ4n) is 3.32. The molecular weight excluding hydrogens is 386 g/mol. The van der Waals surface area contributed by atoms with Gasteiger partial charge in [-0.05, 0) is 44.0 Å². The molecule has 0 spiro atoms. The van der Waals surface area contributed by atoms with Gasteiger partial charge in [0.15, 0.2) is 6.61 Å². The van der Waals surface area contributed by atoms with Gasteiger partial charge in [0.1, 0.15) is 22.8 Å². The van der Waals surface area contributed by atoms with E-state index in [1.54, 1.807) is 37.3 Å². The molecule has 7 heteroatoms. The first-order chi connectivity index (χ1) is 14.6. The molecule has 0 aliphatic carbocycles. The van der Waals surface area contributed by atoms with E-state index in [1.807, 2.05) is 18.2 Å². The van der Waals surface area contributed by atoms with E-state index in [4.69, 9.17) is 18.6 Å². The molecule has 0 unspecified atom stereocenters. The minimum absolute atomic E-state index is 0.0826. The molecule has 4 rings (SSSR count). The third kappa shape index (κ3) is 4.63. The maximum Gasteiger partial charge on any atom is 0.258 e. The molecule has 1 aliphatic rings. The molecule has 0 radical (unpaired) electrons. The van der Waals surface area contributed by atoms with E-state index >= 15 is 0 Å². The summed E-state index contributed by atoms with van der Waals surface area (Å²) in [6, 6.07) is 13.9. The Morgan fingerprint density at radius 3 is 2.77 bits per heavy atom. The summed E-state index contributed by atoms with van der Waals surface area (Å²) >= 11 is 0. The maximum absolute atomic E-state index is 12.8. The van der Waals surface area contributed by atoms with Gasteiger partial charge in [0.05, 0.1) is 11.5 Å². The third-order valence-electron chi connectivity index (χ3n) is 4.87. The molecule has 2 heterocycles. The predicted molar refractivity (Wildman–Crippen MR) is 111 cm³/mol. The summed E-state index contributed by atoms with van der Waals surface area (Å²) in [6.07, 6.45) is 2.07. The van der Waals surface area contributed by atoms with Gasteiger partial charge in [-0.3, -0.25) is 9.59 Å². The van der Waals surface area contributed by atoms with Crippen LogP contribution in [-0.4, -0.2) is 31.8 Å². The molecule has 3 aromatic rings. The van der Waals surface area contributed by atoms with E-state index in [-0.39, 0.29) is 29.8 Å². The summed E-state index contributed by atoms with van der Waals surface area (Å²) < 4.78 is 22.5. The number of ether oxygens (including phenoxy) is 3. The Morgan fingerprint density at radius 1 is 1.17 bits per heavy atom. The number of fused-ring (bicyclic) bond motifs is 1. The highest BCUT2D eigenvalue weighted by Gasteiger charge is 2.17. The van der Waals surface area contributed by atoms with Crippen molar-refractivity contribution in [3.05, 3.63) is 64.5 Å². The van der Waals surface area contributed by atoms with Crippen molar-refractivity contribution in [1.29, 1.82) is 0 Å². The summed E-state index contributed by atoms with van der Waals surface area (Å²) in [4.78, 5) is 24.8. The number of rotatable bonds is 7. The number of carbonyl (C=O) groups is 1. The van der Waals surface area contributed by atoms with E-state index in [0.29, 0.717) is 34.8 Å². The second-order valence-corrected chi connectivity index (χ2v) is 7.12. The van der Waals surface area contributed by atoms with E-state index in [0.717, 1.165) is 19.4 Å². The number of aryl methyl sites for hydroxylation is 1. The Hall–Kier alpha value is -3.32. The minimum atomic E-state index is -0.265. The van der Waals surface area contributed by atoms with Crippen molar-refractivity contribution < 1.29 is 23.4 Å². The number of carbonyl (C=O) groups excluding carboxylic acids is 1. The predicted octanol–water partition coefficient (Wildman–Crippen LogP) is 3.57. The molecule has 0 bridgehead atoms. The van der Waals surface area contributed by atoms with Crippen LogP contribution >= 0.6 is 0 Å². The third-order valence-corrected chi connectivity index (χ3v) is 4.87. The minimum Gasteiger partial charge on any atom is -0.484 e. The first kappa shape index (κ1) is 20.0. The molecule has 1 fully saturated rings. The van der Waals surface area contributed by atoms with E-state index in [1.165, 1.54) is 0 Å². The average Bonchev–Trinajstić information content (AvgIpc) is 3.28. The zero-order valence-corrected chi connectivity index (χ0v) is 16.7. The molecule has 1 atom stereocenters. The summed E-state index contributed by atoms with van der Waals surface area (Å²) in [5.41, 5.74) is 0.105. The summed E-state index contributed by atoms with van der Waals surface area (Å²) in [5.74, 6) is 1.28. The Balaban J connectivity index is 1.44. The van der Waals surface area contributed by atoms with Crippen molar-refractivity contribution in [2.45, 2.75) is 25.9 Å². The van der Waals surface area contributed by atoms with Gasteiger partial charge in [-0.15, -0.1) is 0 Å². The van der Waals surface area contributed by atoms with Crippen LogP contribution in [0.4, 0.5) is 0 Å². The average molecular weight is 409 g/mol. The van der Waals surface area contributed by atoms with Crippen LogP contribution in [0.1, 0.15) is 18.6 Å². The van der Waals surface area contributed by atoms with Crippen molar-refractivity contribution in [2.75, 3.05) is 19.8 Å². The number of nitrogens with one attached hydrogen (secondary N) is 1. The SMILES string of the molecule is Cc1oc2cc(OCC(=O)NC[C@H]3CCCO3)ccc2c(=O)c1Oc1ccccc1. The lowest BCUT2D eigenvalue weighted by Crippen LogP contribution is -2.35. The Bertz CT molecular complexity index is 1090. The molecule has 1 aromatic heterocycles. The van der Waals surface area contributed by atoms with E-state index in [9.17, 15) is 9.59 Å².